The van der Waals surface area contributed by atoms with E-state index in [4.69, 9.17) is 5.21 Å². The summed E-state index contributed by atoms with van der Waals surface area (Å²) < 4.78 is 52.8. The number of alkyl halides is 4. The predicted octanol–water partition coefficient (Wildman–Crippen LogP) is 3.12. The fraction of sp³-hybridized carbons (Fsp3) is 0.300. The summed E-state index contributed by atoms with van der Waals surface area (Å²) in [7, 11) is 0. The van der Waals surface area contributed by atoms with Gasteiger partial charge in [0.25, 0.3) is 0 Å². The van der Waals surface area contributed by atoms with Gasteiger partial charge in [0.2, 0.25) is 0 Å². The number of halogens is 4. The summed E-state index contributed by atoms with van der Waals surface area (Å²) in [6.07, 6.45) is -8.47. The Bertz CT molecular complexity index is 421. The molecule has 0 amide bonds. The predicted molar refractivity (Wildman–Crippen MR) is 52.0 cm³/mol. The standard InChI is InChI=1S/C10H9F4NO2/c1-6(15-16)7-3-2-4-8(5-7)17-10(13,14)9(11)12/h2-5,9,16H,1H3/b15-6+. The maximum absolute atomic E-state index is 12.6. The molecule has 1 aromatic carbocycles. The van der Waals surface area contributed by atoms with E-state index in [0.717, 1.165) is 12.1 Å². The number of nitrogens with zero attached hydrogens (tertiary/aromatic N) is 1. The molecule has 1 N–H and O–H groups in total. The smallest absolute Gasteiger partial charge is 0.428 e. The van der Waals surface area contributed by atoms with Crippen molar-refractivity contribution in [1.29, 1.82) is 0 Å². The molecule has 0 radical (unpaired) electrons. The molecule has 17 heavy (non-hydrogen) atoms. The second kappa shape index (κ2) is 5.03. The minimum absolute atomic E-state index is 0.149. The van der Waals surface area contributed by atoms with Crippen molar-refractivity contribution in [3.8, 4) is 5.75 Å². The van der Waals surface area contributed by atoms with Gasteiger partial charge in [-0.05, 0) is 19.1 Å². The maximum atomic E-state index is 12.6. The number of rotatable bonds is 4. The lowest BCUT2D eigenvalue weighted by Gasteiger charge is -2.17. The average molecular weight is 251 g/mol. The molecular weight excluding hydrogens is 242 g/mol. The molecule has 0 saturated heterocycles. The van der Waals surface area contributed by atoms with Crippen LogP contribution in [0.5, 0.6) is 5.75 Å². The van der Waals surface area contributed by atoms with Crippen LogP contribution >= 0.6 is 0 Å². The zero-order valence-electron chi connectivity index (χ0n) is 8.70. The SMILES string of the molecule is C/C(=N\O)c1cccc(OC(F)(F)C(F)F)c1. The van der Waals surface area contributed by atoms with Gasteiger partial charge in [-0.2, -0.15) is 17.6 Å². The first kappa shape index (κ1) is 13.3. The normalized spacial score (nSPS) is 12.9. The zero-order valence-corrected chi connectivity index (χ0v) is 8.70. The van der Waals surface area contributed by atoms with Crippen molar-refractivity contribution in [3.05, 3.63) is 29.8 Å². The summed E-state index contributed by atoms with van der Waals surface area (Å²) in [5.41, 5.74) is 0.436. The fourth-order valence-corrected chi connectivity index (χ4v) is 1.04. The Kier molecular flexibility index (Phi) is 3.93. The van der Waals surface area contributed by atoms with Crippen LogP contribution in [-0.4, -0.2) is 23.5 Å². The summed E-state index contributed by atoms with van der Waals surface area (Å²) in [6, 6.07) is 4.96. The molecule has 94 valence electrons. The topological polar surface area (TPSA) is 41.8 Å². The van der Waals surface area contributed by atoms with Gasteiger partial charge in [-0.25, -0.2) is 0 Å². The van der Waals surface area contributed by atoms with E-state index < -0.39 is 18.3 Å². The summed E-state index contributed by atoms with van der Waals surface area (Å²) >= 11 is 0. The van der Waals surface area contributed by atoms with Gasteiger partial charge >= 0.3 is 12.5 Å². The van der Waals surface area contributed by atoms with Crippen molar-refractivity contribution < 1.29 is 27.5 Å². The first-order chi connectivity index (χ1) is 7.86. The van der Waals surface area contributed by atoms with Crippen molar-refractivity contribution >= 4 is 5.71 Å². The lowest BCUT2D eigenvalue weighted by molar-refractivity contribution is -0.253. The summed E-state index contributed by atoms with van der Waals surface area (Å²) in [5.74, 6) is -0.434. The van der Waals surface area contributed by atoms with Gasteiger partial charge in [0.15, 0.2) is 0 Å². The Balaban J connectivity index is 2.94. The number of benzene rings is 1. The van der Waals surface area contributed by atoms with Crippen molar-refractivity contribution in [1.82, 2.24) is 0 Å². The number of oxime groups is 1. The highest BCUT2D eigenvalue weighted by molar-refractivity contribution is 5.98. The molecule has 1 aromatic rings. The average Bonchev–Trinajstić information content (AvgIpc) is 2.27. The molecule has 1 rings (SSSR count). The first-order valence-electron chi connectivity index (χ1n) is 4.51. The van der Waals surface area contributed by atoms with Crippen LogP contribution in [0.1, 0.15) is 12.5 Å². The summed E-state index contributed by atoms with van der Waals surface area (Å²) in [5, 5.41) is 11.3. The van der Waals surface area contributed by atoms with E-state index in [1.165, 1.54) is 19.1 Å². The van der Waals surface area contributed by atoms with Gasteiger partial charge in [-0.3, -0.25) is 0 Å². The Labute approximate surface area is 94.3 Å². The van der Waals surface area contributed by atoms with E-state index >= 15 is 0 Å². The fourth-order valence-electron chi connectivity index (χ4n) is 1.04. The molecule has 0 atom stereocenters. The number of hydrogen-bond donors (Lipinski definition) is 1. The van der Waals surface area contributed by atoms with Gasteiger partial charge in [-0.1, -0.05) is 17.3 Å². The molecule has 0 spiro atoms. The van der Waals surface area contributed by atoms with Crippen LogP contribution in [0.4, 0.5) is 17.6 Å². The van der Waals surface area contributed by atoms with Gasteiger partial charge in [0.05, 0.1) is 5.71 Å². The van der Waals surface area contributed by atoms with Crippen LogP contribution in [0.25, 0.3) is 0 Å². The molecule has 0 aliphatic heterocycles. The molecule has 3 nitrogen and oxygen atoms in total. The highest BCUT2D eigenvalue weighted by Gasteiger charge is 2.43. The molecule has 0 bridgehead atoms. The highest BCUT2D eigenvalue weighted by Crippen LogP contribution is 2.27. The largest absolute Gasteiger partial charge is 0.461 e. The molecule has 0 aromatic heterocycles. The number of ether oxygens (including phenoxy) is 1. The third-order valence-corrected chi connectivity index (χ3v) is 1.91. The lowest BCUT2D eigenvalue weighted by Crippen LogP contribution is -2.33. The van der Waals surface area contributed by atoms with E-state index in [-0.39, 0.29) is 11.3 Å². The van der Waals surface area contributed by atoms with Gasteiger partial charge < -0.3 is 9.94 Å². The van der Waals surface area contributed by atoms with Crippen LogP contribution in [0.3, 0.4) is 0 Å². The van der Waals surface area contributed by atoms with E-state index in [2.05, 4.69) is 9.89 Å². The van der Waals surface area contributed by atoms with Gasteiger partial charge in [-0.15, -0.1) is 0 Å². The zero-order chi connectivity index (χ0) is 13.1. The van der Waals surface area contributed by atoms with Crippen molar-refractivity contribution in [2.75, 3.05) is 0 Å². The van der Waals surface area contributed by atoms with Crippen LogP contribution < -0.4 is 4.74 Å². The van der Waals surface area contributed by atoms with Crippen molar-refractivity contribution in [3.63, 3.8) is 0 Å². The van der Waals surface area contributed by atoms with Crippen LogP contribution in [-0.2, 0) is 0 Å². The quantitative estimate of drug-likeness (QED) is 0.386. The Morgan fingerprint density at radius 1 is 1.41 bits per heavy atom. The van der Waals surface area contributed by atoms with E-state index in [1.807, 2.05) is 0 Å². The monoisotopic (exact) mass is 251 g/mol. The molecule has 0 saturated carbocycles. The first-order valence-corrected chi connectivity index (χ1v) is 4.51. The maximum Gasteiger partial charge on any atom is 0.461 e. The second-order valence-electron chi connectivity index (χ2n) is 3.18. The van der Waals surface area contributed by atoms with Crippen molar-refractivity contribution in [2.24, 2.45) is 5.16 Å². The van der Waals surface area contributed by atoms with Gasteiger partial charge in [0.1, 0.15) is 5.75 Å². The second-order valence-corrected chi connectivity index (χ2v) is 3.18. The Morgan fingerprint density at radius 2 is 2.06 bits per heavy atom. The van der Waals surface area contributed by atoms with Crippen molar-refractivity contribution in [2.45, 2.75) is 19.5 Å². The molecule has 0 aliphatic rings. The Morgan fingerprint density at radius 3 is 2.59 bits per heavy atom. The molecular formula is C10H9F4NO2. The van der Waals surface area contributed by atoms with Crippen LogP contribution in [0.2, 0.25) is 0 Å². The molecule has 0 fully saturated rings. The Hall–Kier alpha value is -1.79. The van der Waals surface area contributed by atoms with Gasteiger partial charge in [0, 0.05) is 5.56 Å². The van der Waals surface area contributed by atoms with Crippen LogP contribution in [0, 0.1) is 0 Å². The summed E-state index contributed by atoms with van der Waals surface area (Å²) in [4.78, 5) is 0. The molecule has 7 heteroatoms. The van der Waals surface area contributed by atoms with E-state index in [1.54, 1.807) is 0 Å². The van der Waals surface area contributed by atoms with Crippen LogP contribution in [0.15, 0.2) is 29.4 Å². The third kappa shape index (κ3) is 3.33. The minimum atomic E-state index is -4.55. The molecule has 0 heterocycles. The lowest BCUT2D eigenvalue weighted by atomic mass is 10.1. The van der Waals surface area contributed by atoms with E-state index in [0.29, 0.717) is 0 Å². The molecule has 0 aliphatic carbocycles. The summed E-state index contributed by atoms with van der Waals surface area (Å²) in [6.45, 7) is 1.42. The van der Waals surface area contributed by atoms with E-state index in [9.17, 15) is 17.6 Å². The molecule has 0 unspecified atom stereocenters. The number of hydrogen-bond acceptors (Lipinski definition) is 3. The minimum Gasteiger partial charge on any atom is -0.428 e. The third-order valence-electron chi connectivity index (χ3n) is 1.91. The highest BCUT2D eigenvalue weighted by atomic mass is 19.3.